The fraction of sp³-hybridized carbons (Fsp3) is 0.600. The number of hydrogen-bond acceptors (Lipinski definition) is 4. The predicted molar refractivity (Wildman–Crippen MR) is 88.5 cm³/mol. The molecular weight excluding hydrogens is 284 g/mol. The van der Waals surface area contributed by atoms with Gasteiger partial charge in [0.15, 0.2) is 10.4 Å². The van der Waals surface area contributed by atoms with Crippen LogP contribution in [0, 0.1) is 4.77 Å². The maximum absolute atomic E-state index is 5.39. The Kier molecular flexibility index (Phi) is 5.36. The number of nitrogens with zero attached hydrogens (tertiary/aromatic N) is 3. The number of hydrogen-bond donors (Lipinski definition) is 1. The third-order valence-electron chi connectivity index (χ3n) is 3.83. The SMILES string of the molecule is COc1ccc2[nH]c(=S)n(CCCCN(C)C(C)C)c2n1. The van der Waals surface area contributed by atoms with Crippen LogP contribution in [0.1, 0.15) is 26.7 Å². The Bertz CT molecular complexity index is 647. The molecule has 0 aliphatic heterocycles. The van der Waals surface area contributed by atoms with Crippen molar-refractivity contribution in [3.05, 3.63) is 16.9 Å². The monoisotopic (exact) mass is 308 g/mol. The molecule has 2 rings (SSSR count). The molecule has 0 saturated carbocycles. The van der Waals surface area contributed by atoms with Gasteiger partial charge in [-0.2, -0.15) is 4.98 Å². The number of methoxy groups -OCH3 is 1. The van der Waals surface area contributed by atoms with Crippen LogP contribution in [0.5, 0.6) is 5.88 Å². The number of aromatic nitrogens is 3. The average molecular weight is 308 g/mol. The first kappa shape index (κ1) is 16.0. The zero-order valence-corrected chi connectivity index (χ0v) is 14.0. The zero-order chi connectivity index (χ0) is 15.4. The average Bonchev–Trinajstić information content (AvgIpc) is 2.78. The van der Waals surface area contributed by atoms with E-state index in [0.29, 0.717) is 11.9 Å². The molecule has 0 bridgehead atoms. The first-order valence-electron chi connectivity index (χ1n) is 7.36. The number of nitrogens with one attached hydrogen (secondary N) is 1. The summed E-state index contributed by atoms with van der Waals surface area (Å²) in [7, 11) is 3.79. The number of aromatic amines is 1. The van der Waals surface area contributed by atoms with Gasteiger partial charge in [0.2, 0.25) is 5.88 Å². The van der Waals surface area contributed by atoms with Crippen molar-refractivity contribution in [1.82, 2.24) is 19.4 Å². The summed E-state index contributed by atoms with van der Waals surface area (Å²) in [6.07, 6.45) is 2.23. The van der Waals surface area contributed by atoms with Gasteiger partial charge in [0, 0.05) is 18.7 Å². The lowest BCUT2D eigenvalue weighted by atomic mass is 10.2. The lowest BCUT2D eigenvalue weighted by molar-refractivity contribution is 0.266. The molecule has 5 nitrogen and oxygen atoms in total. The summed E-state index contributed by atoms with van der Waals surface area (Å²) >= 11 is 5.39. The standard InChI is InChI=1S/C15H24N4OS/c1-11(2)18(3)9-5-6-10-19-14-12(16-15(19)21)7-8-13(17-14)20-4/h7-8,11H,5-6,9-10H2,1-4H3,(H,16,21). The largest absolute Gasteiger partial charge is 0.481 e. The number of aryl methyl sites for hydroxylation is 1. The van der Waals surface area contributed by atoms with E-state index in [2.05, 4.69) is 40.3 Å². The van der Waals surface area contributed by atoms with Crippen LogP contribution in [0.3, 0.4) is 0 Å². The van der Waals surface area contributed by atoms with E-state index in [-0.39, 0.29) is 0 Å². The fourth-order valence-electron chi connectivity index (χ4n) is 2.22. The summed E-state index contributed by atoms with van der Waals surface area (Å²) in [6.45, 7) is 6.41. The van der Waals surface area contributed by atoms with Crippen LogP contribution < -0.4 is 4.74 Å². The molecule has 0 radical (unpaired) electrons. The molecule has 0 aliphatic rings. The van der Waals surface area contributed by atoms with Crippen molar-refractivity contribution < 1.29 is 4.74 Å². The van der Waals surface area contributed by atoms with Crippen LogP contribution in [-0.4, -0.2) is 46.2 Å². The highest BCUT2D eigenvalue weighted by Gasteiger charge is 2.08. The van der Waals surface area contributed by atoms with Gasteiger partial charge in [0.05, 0.1) is 12.6 Å². The number of fused-ring (bicyclic) bond motifs is 1. The van der Waals surface area contributed by atoms with Gasteiger partial charge in [0.25, 0.3) is 0 Å². The Balaban J connectivity index is 2.04. The molecule has 21 heavy (non-hydrogen) atoms. The predicted octanol–water partition coefficient (Wildman–Crippen LogP) is 3.22. The Hall–Kier alpha value is -1.40. The molecule has 0 amide bonds. The van der Waals surface area contributed by atoms with Crippen LogP contribution in [0.2, 0.25) is 0 Å². The van der Waals surface area contributed by atoms with Gasteiger partial charge < -0.3 is 19.2 Å². The highest BCUT2D eigenvalue weighted by molar-refractivity contribution is 7.71. The van der Waals surface area contributed by atoms with Gasteiger partial charge in [-0.3, -0.25) is 0 Å². The number of rotatable bonds is 7. The van der Waals surface area contributed by atoms with Crippen LogP contribution in [0.25, 0.3) is 11.2 Å². The highest BCUT2D eigenvalue weighted by atomic mass is 32.1. The lowest BCUT2D eigenvalue weighted by Crippen LogP contribution is -2.27. The van der Waals surface area contributed by atoms with E-state index < -0.39 is 0 Å². The summed E-state index contributed by atoms with van der Waals surface area (Å²) in [6, 6.07) is 4.39. The van der Waals surface area contributed by atoms with Gasteiger partial charge in [-0.05, 0) is 58.6 Å². The number of imidazole rings is 1. The minimum atomic E-state index is 0.589. The summed E-state index contributed by atoms with van der Waals surface area (Å²) in [5.41, 5.74) is 1.83. The first-order chi connectivity index (χ1) is 10.0. The number of unbranched alkanes of at least 4 members (excludes halogenated alkanes) is 1. The molecule has 0 saturated heterocycles. The molecule has 0 aliphatic carbocycles. The molecule has 2 heterocycles. The van der Waals surface area contributed by atoms with Crippen molar-refractivity contribution in [2.24, 2.45) is 0 Å². The van der Waals surface area contributed by atoms with E-state index in [4.69, 9.17) is 17.0 Å². The number of pyridine rings is 1. The van der Waals surface area contributed by atoms with E-state index >= 15 is 0 Å². The quantitative estimate of drug-likeness (QED) is 0.630. The van der Waals surface area contributed by atoms with Gasteiger partial charge in [0.1, 0.15) is 0 Å². The van der Waals surface area contributed by atoms with Crippen LogP contribution in [0.15, 0.2) is 12.1 Å². The third-order valence-corrected chi connectivity index (χ3v) is 4.15. The normalized spacial score (nSPS) is 11.7. The van der Waals surface area contributed by atoms with Crippen LogP contribution in [0.4, 0.5) is 0 Å². The van der Waals surface area contributed by atoms with Crippen molar-refractivity contribution in [3.8, 4) is 5.88 Å². The van der Waals surface area contributed by atoms with Crippen molar-refractivity contribution in [1.29, 1.82) is 0 Å². The second-order valence-electron chi connectivity index (χ2n) is 5.59. The first-order valence-corrected chi connectivity index (χ1v) is 7.77. The zero-order valence-electron chi connectivity index (χ0n) is 13.2. The van der Waals surface area contributed by atoms with Gasteiger partial charge in [-0.25, -0.2) is 0 Å². The van der Waals surface area contributed by atoms with Crippen molar-refractivity contribution in [3.63, 3.8) is 0 Å². The van der Waals surface area contributed by atoms with Crippen molar-refractivity contribution >= 4 is 23.4 Å². The van der Waals surface area contributed by atoms with Gasteiger partial charge >= 0.3 is 0 Å². The maximum Gasteiger partial charge on any atom is 0.215 e. The second kappa shape index (κ2) is 7.04. The molecule has 6 heteroatoms. The van der Waals surface area contributed by atoms with Gasteiger partial charge in [-0.15, -0.1) is 0 Å². The van der Waals surface area contributed by atoms with Crippen LogP contribution >= 0.6 is 12.2 Å². The lowest BCUT2D eigenvalue weighted by Gasteiger charge is -2.20. The van der Waals surface area contributed by atoms with E-state index in [1.165, 1.54) is 0 Å². The van der Waals surface area contributed by atoms with E-state index in [1.54, 1.807) is 7.11 Å². The minimum Gasteiger partial charge on any atom is -0.481 e. The molecule has 0 aromatic carbocycles. The molecule has 0 atom stereocenters. The van der Waals surface area contributed by atoms with Crippen molar-refractivity contribution in [2.75, 3.05) is 20.7 Å². The summed E-state index contributed by atoms with van der Waals surface area (Å²) < 4.78 is 7.97. The summed E-state index contributed by atoms with van der Waals surface area (Å²) in [5.74, 6) is 0.616. The minimum absolute atomic E-state index is 0.589. The number of H-pyrrole nitrogens is 1. The van der Waals surface area contributed by atoms with Crippen LogP contribution in [-0.2, 0) is 6.54 Å². The molecule has 1 N–H and O–H groups in total. The highest BCUT2D eigenvalue weighted by Crippen LogP contribution is 2.17. The molecule has 0 fully saturated rings. The molecule has 0 spiro atoms. The summed E-state index contributed by atoms with van der Waals surface area (Å²) in [5, 5.41) is 0. The maximum atomic E-state index is 5.39. The Labute approximate surface area is 130 Å². The second-order valence-corrected chi connectivity index (χ2v) is 5.97. The Morgan fingerprint density at radius 1 is 1.38 bits per heavy atom. The fourth-order valence-corrected chi connectivity index (χ4v) is 2.51. The molecule has 0 unspecified atom stereocenters. The smallest absolute Gasteiger partial charge is 0.215 e. The van der Waals surface area contributed by atoms with Gasteiger partial charge in [-0.1, -0.05) is 0 Å². The summed E-state index contributed by atoms with van der Waals surface area (Å²) in [4.78, 5) is 10.0. The Morgan fingerprint density at radius 3 is 2.81 bits per heavy atom. The van der Waals surface area contributed by atoms with Crippen molar-refractivity contribution in [2.45, 2.75) is 39.3 Å². The molecule has 116 valence electrons. The van der Waals surface area contributed by atoms with E-state index in [9.17, 15) is 0 Å². The number of ether oxygens (including phenoxy) is 1. The Morgan fingerprint density at radius 2 is 2.14 bits per heavy atom. The third kappa shape index (κ3) is 3.83. The van der Waals surface area contributed by atoms with E-state index in [1.807, 2.05) is 12.1 Å². The molecule has 2 aromatic heterocycles. The van der Waals surface area contributed by atoms with E-state index in [0.717, 1.165) is 41.9 Å². The molecule has 2 aromatic rings. The molecular formula is C15H24N4OS. The topological polar surface area (TPSA) is 46.1 Å².